The van der Waals surface area contributed by atoms with Crippen LogP contribution in [0.1, 0.15) is 36.1 Å². The summed E-state index contributed by atoms with van der Waals surface area (Å²) in [6.45, 7) is 2.54. The van der Waals surface area contributed by atoms with E-state index in [0.29, 0.717) is 12.2 Å². The van der Waals surface area contributed by atoms with E-state index in [4.69, 9.17) is 17.3 Å². The van der Waals surface area contributed by atoms with Gasteiger partial charge in [-0.3, -0.25) is 9.98 Å². The van der Waals surface area contributed by atoms with Gasteiger partial charge in [-0.2, -0.15) is 0 Å². The van der Waals surface area contributed by atoms with Crippen LogP contribution in [0.4, 0.5) is 5.69 Å². The highest BCUT2D eigenvalue weighted by Crippen LogP contribution is 2.37. The number of nitrogens with zero attached hydrogens (tertiary/aromatic N) is 3. The minimum atomic E-state index is 0.0104. The average Bonchev–Trinajstić information content (AvgIpc) is 2.93. The fraction of sp³-hybridized carbons (Fsp3) is 0.200. The normalized spacial score (nSPS) is 18.5. The van der Waals surface area contributed by atoms with E-state index in [0.717, 1.165) is 51.0 Å². The van der Waals surface area contributed by atoms with Gasteiger partial charge in [0.25, 0.3) is 0 Å². The summed E-state index contributed by atoms with van der Waals surface area (Å²) in [7, 11) is 1.73. The van der Waals surface area contributed by atoms with E-state index >= 15 is 0 Å². The zero-order valence-electron chi connectivity index (χ0n) is 18.4. The second kappa shape index (κ2) is 9.11. The highest BCUT2D eigenvalue weighted by molar-refractivity contribution is 6.09. The number of hydrogen-bond donors (Lipinski definition) is 4. The van der Waals surface area contributed by atoms with Crippen molar-refractivity contribution in [3.8, 4) is 0 Å². The van der Waals surface area contributed by atoms with Gasteiger partial charge in [-0.15, -0.1) is 0 Å². The molecule has 1 aliphatic heterocycles. The number of pyridine rings is 1. The Hall–Kier alpha value is -3.84. The van der Waals surface area contributed by atoms with E-state index in [9.17, 15) is 0 Å². The van der Waals surface area contributed by atoms with Gasteiger partial charge in [0.1, 0.15) is 0 Å². The molecule has 0 saturated heterocycles. The van der Waals surface area contributed by atoms with Crippen molar-refractivity contribution in [3.63, 3.8) is 0 Å². The van der Waals surface area contributed by atoms with Gasteiger partial charge >= 0.3 is 0 Å². The lowest BCUT2D eigenvalue weighted by molar-refractivity contribution is 0.402. The van der Waals surface area contributed by atoms with Gasteiger partial charge in [-0.1, -0.05) is 18.2 Å². The van der Waals surface area contributed by atoms with Crippen LogP contribution in [-0.4, -0.2) is 29.8 Å². The Morgan fingerprint density at radius 1 is 1.22 bits per heavy atom. The molecule has 1 unspecified atom stereocenters. The molecule has 2 heterocycles. The first-order chi connectivity index (χ1) is 15.5. The summed E-state index contributed by atoms with van der Waals surface area (Å²) in [5.41, 5.74) is 19.6. The van der Waals surface area contributed by atoms with Crippen molar-refractivity contribution in [2.45, 2.75) is 19.4 Å². The van der Waals surface area contributed by atoms with E-state index in [1.807, 2.05) is 37.4 Å². The standard InChI is InChI=1S/C25H29N7/c1-16(27)25-19-9-8-17(18(14-26)15-29-2)13-21(19)24(10-12-32(25)28)31-23-7-3-6-22-20(23)5-4-11-30-22/h3-9,11,13-15,24,31H,10,12,26-28H2,1-2H3/b18-14?,25-16-,29-15?. The van der Waals surface area contributed by atoms with Crippen LogP contribution in [0.2, 0.25) is 0 Å². The molecule has 7 heteroatoms. The molecule has 1 atom stereocenters. The van der Waals surface area contributed by atoms with E-state index < -0.39 is 0 Å². The second-order valence-electron chi connectivity index (χ2n) is 7.90. The van der Waals surface area contributed by atoms with Gasteiger partial charge in [-0.05, 0) is 54.8 Å². The lowest BCUT2D eigenvalue weighted by Gasteiger charge is -2.23. The molecule has 32 heavy (non-hydrogen) atoms. The summed E-state index contributed by atoms with van der Waals surface area (Å²) >= 11 is 0. The van der Waals surface area contributed by atoms with Gasteiger partial charge in [0.15, 0.2) is 0 Å². The van der Waals surface area contributed by atoms with Crippen LogP contribution in [0.5, 0.6) is 0 Å². The second-order valence-corrected chi connectivity index (χ2v) is 7.90. The first-order valence-corrected chi connectivity index (χ1v) is 10.6. The van der Waals surface area contributed by atoms with Crippen LogP contribution < -0.4 is 22.6 Å². The third kappa shape index (κ3) is 4.02. The van der Waals surface area contributed by atoms with Crippen molar-refractivity contribution in [1.29, 1.82) is 0 Å². The number of aliphatic imine (C=N–C) groups is 1. The van der Waals surface area contributed by atoms with Gasteiger partial charge in [0.05, 0.1) is 17.3 Å². The van der Waals surface area contributed by atoms with Gasteiger partial charge in [0, 0.05) is 60.1 Å². The molecule has 0 saturated carbocycles. The fourth-order valence-electron chi connectivity index (χ4n) is 4.30. The Labute approximate surface area is 188 Å². The van der Waals surface area contributed by atoms with Gasteiger partial charge in [0.2, 0.25) is 0 Å². The Bertz CT molecular complexity index is 1220. The highest BCUT2D eigenvalue weighted by atomic mass is 15.4. The molecule has 0 fully saturated rings. The maximum Gasteiger partial charge on any atom is 0.0777 e. The molecule has 0 radical (unpaired) electrons. The molecule has 1 aliphatic rings. The zero-order chi connectivity index (χ0) is 22.7. The Morgan fingerprint density at radius 2 is 2.06 bits per heavy atom. The predicted molar refractivity (Wildman–Crippen MR) is 133 cm³/mol. The molecule has 0 bridgehead atoms. The number of nitrogens with one attached hydrogen (secondary N) is 1. The molecule has 4 rings (SSSR count). The monoisotopic (exact) mass is 427 g/mol. The van der Waals surface area contributed by atoms with Crippen LogP contribution in [0, 0.1) is 0 Å². The van der Waals surface area contributed by atoms with E-state index in [1.165, 1.54) is 0 Å². The van der Waals surface area contributed by atoms with Crippen molar-refractivity contribution in [3.05, 3.63) is 83.3 Å². The number of rotatable bonds is 4. The number of nitrogens with two attached hydrogens (primary N) is 3. The van der Waals surface area contributed by atoms with Gasteiger partial charge < -0.3 is 21.8 Å². The van der Waals surface area contributed by atoms with Crippen LogP contribution in [-0.2, 0) is 0 Å². The van der Waals surface area contributed by atoms with Crippen LogP contribution in [0.15, 0.2) is 71.6 Å². The first-order valence-electron chi connectivity index (χ1n) is 10.6. The molecule has 0 amide bonds. The van der Waals surface area contributed by atoms with Crippen molar-refractivity contribution in [1.82, 2.24) is 9.99 Å². The summed E-state index contributed by atoms with van der Waals surface area (Å²) in [4.78, 5) is 8.62. The Balaban J connectivity index is 1.86. The summed E-state index contributed by atoms with van der Waals surface area (Å²) in [6.07, 6.45) is 5.94. The van der Waals surface area contributed by atoms with E-state index in [1.54, 1.807) is 24.5 Å². The molecular weight excluding hydrogens is 398 g/mol. The zero-order valence-corrected chi connectivity index (χ0v) is 18.4. The summed E-state index contributed by atoms with van der Waals surface area (Å²) in [5.74, 6) is 6.42. The minimum absolute atomic E-state index is 0.0104. The smallest absolute Gasteiger partial charge is 0.0777 e. The number of aromatic nitrogens is 1. The predicted octanol–water partition coefficient (Wildman–Crippen LogP) is 3.61. The number of allylic oxidation sites excluding steroid dienone is 2. The number of anilines is 1. The first kappa shape index (κ1) is 21.4. The topological polar surface area (TPSA) is 119 Å². The number of hydrogen-bond acceptors (Lipinski definition) is 7. The van der Waals surface area contributed by atoms with E-state index in [2.05, 4.69) is 39.6 Å². The van der Waals surface area contributed by atoms with Crippen molar-refractivity contribution >= 4 is 34.1 Å². The van der Waals surface area contributed by atoms with Crippen LogP contribution in [0.25, 0.3) is 22.2 Å². The highest BCUT2D eigenvalue weighted by Gasteiger charge is 2.26. The van der Waals surface area contributed by atoms with Crippen molar-refractivity contribution < 1.29 is 0 Å². The van der Waals surface area contributed by atoms with Crippen molar-refractivity contribution in [2.75, 3.05) is 18.9 Å². The molecule has 7 N–H and O–H groups in total. The average molecular weight is 428 g/mol. The summed E-state index contributed by atoms with van der Waals surface area (Å²) in [5, 5.41) is 6.57. The third-order valence-electron chi connectivity index (χ3n) is 5.76. The summed E-state index contributed by atoms with van der Waals surface area (Å²) < 4.78 is 0. The lowest BCUT2D eigenvalue weighted by atomic mass is 9.92. The van der Waals surface area contributed by atoms with Crippen LogP contribution in [0.3, 0.4) is 0 Å². The summed E-state index contributed by atoms with van der Waals surface area (Å²) in [6, 6.07) is 16.4. The molecule has 0 spiro atoms. The van der Waals surface area contributed by atoms with Gasteiger partial charge in [-0.25, -0.2) is 5.84 Å². The number of benzene rings is 2. The molecule has 2 aromatic carbocycles. The molecule has 0 aliphatic carbocycles. The minimum Gasteiger partial charge on any atom is -0.404 e. The Kier molecular flexibility index (Phi) is 6.09. The van der Waals surface area contributed by atoms with Crippen LogP contribution >= 0.6 is 0 Å². The molecule has 164 valence electrons. The lowest BCUT2D eigenvalue weighted by Crippen LogP contribution is -2.31. The quantitative estimate of drug-likeness (QED) is 0.373. The van der Waals surface area contributed by atoms with E-state index in [-0.39, 0.29) is 6.04 Å². The third-order valence-corrected chi connectivity index (χ3v) is 5.76. The molecular formula is C25H29N7. The Morgan fingerprint density at radius 3 is 2.81 bits per heavy atom. The molecule has 1 aromatic heterocycles. The fourth-order valence-corrected chi connectivity index (χ4v) is 4.30. The maximum absolute atomic E-state index is 6.42. The largest absolute Gasteiger partial charge is 0.404 e. The SMILES string of the molecule is CN=CC(=CN)c1ccc2c(c1)C(Nc1cccc3ncccc13)CCN(N)/C2=C(/C)N. The molecule has 7 nitrogen and oxygen atoms in total. The molecule has 3 aromatic rings. The number of hydrazine groups is 1. The van der Waals surface area contributed by atoms with Crippen molar-refractivity contribution in [2.24, 2.45) is 22.3 Å². The number of fused-ring (bicyclic) bond motifs is 2. The maximum atomic E-state index is 6.42.